The third-order valence-corrected chi connectivity index (χ3v) is 5.47. The van der Waals surface area contributed by atoms with Crippen LogP contribution in [0.25, 0.3) is 0 Å². The second kappa shape index (κ2) is 8.73. The number of thiazole rings is 1. The van der Waals surface area contributed by atoms with Gasteiger partial charge in [0.05, 0.1) is 16.3 Å². The van der Waals surface area contributed by atoms with Crippen LogP contribution in [0.5, 0.6) is 0 Å². The van der Waals surface area contributed by atoms with Crippen molar-refractivity contribution in [1.29, 1.82) is 0 Å². The van der Waals surface area contributed by atoms with Gasteiger partial charge in [-0.2, -0.15) is 0 Å². The van der Waals surface area contributed by atoms with E-state index in [2.05, 4.69) is 10.3 Å². The summed E-state index contributed by atoms with van der Waals surface area (Å²) in [6, 6.07) is 13.1. The molecule has 0 aliphatic heterocycles. The Kier molecular flexibility index (Phi) is 6.14. The Balaban J connectivity index is 1.60. The number of amides is 2. The van der Waals surface area contributed by atoms with E-state index in [9.17, 15) is 9.59 Å². The van der Waals surface area contributed by atoms with Crippen molar-refractivity contribution in [3.05, 3.63) is 63.8 Å². The summed E-state index contributed by atoms with van der Waals surface area (Å²) in [6.07, 6.45) is 0.905. The second-order valence-electron chi connectivity index (χ2n) is 5.67. The minimum atomic E-state index is -0.0945. The molecule has 3 rings (SSSR count). The lowest BCUT2D eigenvalue weighted by Gasteiger charge is -2.20. The molecule has 2 aromatic heterocycles. The third kappa shape index (κ3) is 4.56. The lowest BCUT2D eigenvalue weighted by Crippen LogP contribution is -2.28. The number of aromatic nitrogens is 1. The Hall–Kier alpha value is -2.51. The Labute approximate surface area is 160 Å². The van der Waals surface area contributed by atoms with Crippen LogP contribution in [0, 0.1) is 6.92 Å². The van der Waals surface area contributed by atoms with Gasteiger partial charge in [-0.05, 0) is 36.9 Å². The molecule has 0 radical (unpaired) electrons. The predicted molar refractivity (Wildman–Crippen MR) is 106 cm³/mol. The standard InChI is InChI=1S/C19H19N3O2S2/c1-14-13-26-19(21-14)22(15-7-3-2-4-8-15)17(23)10-5-11-20-18(24)16-9-6-12-25-16/h2-4,6-9,12-13H,5,10-11H2,1H3,(H,20,24). The first-order valence-corrected chi connectivity index (χ1v) is 10.0. The van der Waals surface area contributed by atoms with Gasteiger partial charge in [0.1, 0.15) is 0 Å². The van der Waals surface area contributed by atoms with Crippen LogP contribution in [0.2, 0.25) is 0 Å². The van der Waals surface area contributed by atoms with Crippen molar-refractivity contribution >= 4 is 45.3 Å². The van der Waals surface area contributed by atoms with Crippen molar-refractivity contribution in [3.8, 4) is 0 Å². The highest BCUT2D eigenvalue weighted by Crippen LogP contribution is 2.29. The molecule has 134 valence electrons. The monoisotopic (exact) mass is 385 g/mol. The zero-order valence-electron chi connectivity index (χ0n) is 14.3. The average Bonchev–Trinajstić information content (AvgIpc) is 3.32. The molecule has 0 aliphatic rings. The average molecular weight is 386 g/mol. The number of carbonyl (C=O) groups is 2. The second-order valence-corrected chi connectivity index (χ2v) is 7.46. The number of benzene rings is 1. The van der Waals surface area contributed by atoms with Crippen molar-refractivity contribution in [2.75, 3.05) is 11.4 Å². The summed E-state index contributed by atoms with van der Waals surface area (Å²) in [7, 11) is 0. The normalized spacial score (nSPS) is 10.5. The zero-order chi connectivity index (χ0) is 18.4. The molecular formula is C19H19N3O2S2. The lowest BCUT2D eigenvalue weighted by molar-refractivity contribution is -0.118. The van der Waals surface area contributed by atoms with E-state index in [0.717, 1.165) is 11.4 Å². The Morgan fingerprint density at radius 2 is 1.92 bits per heavy atom. The number of para-hydroxylation sites is 1. The van der Waals surface area contributed by atoms with Crippen LogP contribution in [0.4, 0.5) is 10.8 Å². The van der Waals surface area contributed by atoms with Crippen molar-refractivity contribution in [3.63, 3.8) is 0 Å². The Morgan fingerprint density at radius 3 is 2.58 bits per heavy atom. The number of nitrogens with zero attached hydrogens (tertiary/aromatic N) is 2. The van der Waals surface area contributed by atoms with Crippen molar-refractivity contribution in [2.24, 2.45) is 0 Å². The number of carbonyl (C=O) groups excluding carboxylic acids is 2. The van der Waals surface area contributed by atoms with Crippen LogP contribution in [0.3, 0.4) is 0 Å². The van der Waals surface area contributed by atoms with Crippen LogP contribution in [0.15, 0.2) is 53.2 Å². The highest BCUT2D eigenvalue weighted by Gasteiger charge is 2.20. The lowest BCUT2D eigenvalue weighted by atomic mass is 10.2. The van der Waals surface area contributed by atoms with E-state index in [1.165, 1.54) is 22.7 Å². The predicted octanol–water partition coefficient (Wildman–Crippen LogP) is 4.39. The van der Waals surface area contributed by atoms with Crippen molar-refractivity contribution < 1.29 is 9.59 Å². The summed E-state index contributed by atoms with van der Waals surface area (Å²) in [5.41, 5.74) is 1.69. The van der Waals surface area contributed by atoms with Gasteiger partial charge in [0.2, 0.25) is 5.91 Å². The van der Waals surface area contributed by atoms with Gasteiger partial charge in [0.25, 0.3) is 5.91 Å². The van der Waals surface area contributed by atoms with Gasteiger partial charge in [-0.15, -0.1) is 22.7 Å². The fraction of sp³-hybridized carbons (Fsp3) is 0.211. The molecule has 0 spiro atoms. The largest absolute Gasteiger partial charge is 0.351 e. The van der Waals surface area contributed by atoms with Crippen LogP contribution in [-0.2, 0) is 4.79 Å². The van der Waals surface area contributed by atoms with E-state index >= 15 is 0 Å². The van der Waals surface area contributed by atoms with Crippen molar-refractivity contribution in [1.82, 2.24) is 10.3 Å². The minimum absolute atomic E-state index is 0.0316. The minimum Gasteiger partial charge on any atom is -0.351 e. The summed E-state index contributed by atoms with van der Waals surface area (Å²) in [5, 5.41) is 7.32. The number of rotatable bonds is 7. The number of thiophene rings is 1. The molecule has 5 nitrogen and oxygen atoms in total. The first kappa shape index (κ1) is 18.3. The van der Waals surface area contributed by atoms with E-state index in [1.807, 2.05) is 54.1 Å². The Morgan fingerprint density at radius 1 is 1.12 bits per heavy atom. The summed E-state index contributed by atoms with van der Waals surface area (Å²) in [4.78, 5) is 31.5. The van der Waals surface area contributed by atoms with Gasteiger partial charge in [-0.1, -0.05) is 24.3 Å². The van der Waals surface area contributed by atoms with Gasteiger partial charge in [-0.25, -0.2) is 4.98 Å². The fourth-order valence-electron chi connectivity index (χ4n) is 2.43. The molecule has 2 amide bonds. The maximum Gasteiger partial charge on any atom is 0.261 e. The molecule has 0 fully saturated rings. The van der Waals surface area contributed by atoms with E-state index in [4.69, 9.17) is 0 Å². The first-order chi connectivity index (χ1) is 12.6. The number of nitrogens with one attached hydrogen (secondary N) is 1. The number of hydrogen-bond donors (Lipinski definition) is 1. The summed E-state index contributed by atoms with van der Waals surface area (Å²) in [5.74, 6) is -0.126. The molecule has 1 aromatic carbocycles. The third-order valence-electron chi connectivity index (χ3n) is 3.66. The molecule has 2 heterocycles. The zero-order valence-corrected chi connectivity index (χ0v) is 16.0. The summed E-state index contributed by atoms with van der Waals surface area (Å²) < 4.78 is 0. The smallest absolute Gasteiger partial charge is 0.261 e. The fourth-order valence-corrected chi connectivity index (χ4v) is 3.91. The van der Waals surface area contributed by atoms with E-state index < -0.39 is 0 Å². The molecule has 1 N–H and O–H groups in total. The molecule has 0 bridgehead atoms. The summed E-state index contributed by atoms with van der Waals surface area (Å²) >= 11 is 2.85. The van der Waals surface area contributed by atoms with Crippen molar-refractivity contribution in [2.45, 2.75) is 19.8 Å². The molecule has 0 saturated heterocycles. The van der Waals surface area contributed by atoms with Gasteiger partial charge in [0, 0.05) is 18.3 Å². The van der Waals surface area contributed by atoms with Crippen LogP contribution in [0.1, 0.15) is 28.2 Å². The van der Waals surface area contributed by atoms with Gasteiger partial charge in [-0.3, -0.25) is 14.5 Å². The van der Waals surface area contributed by atoms with E-state index in [-0.39, 0.29) is 11.8 Å². The molecule has 0 aliphatic carbocycles. The number of aryl methyl sites for hydroxylation is 1. The topological polar surface area (TPSA) is 62.3 Å². The summed E-state index contributed by atoms with van der Waals surface area (Å²) in [6.45, 7) is 2.37. The van der Waals surface area contributed by atoms with Crippen LogP contribution < -0.4 is 10.2 Å². The molecule has 7 heteroatoms. The molecule has 3 aromatic rings. The van der Waals surface area contributed by atoms with Gasteiger partial charge in [0.15, 0.2) is 5.13 Å². The molecule has 0 unspecified atom stereocenters. The maximum atomic E-state index is 12.8. The SMILES string of the molecule is Cc1csc(N(C(=O)CCCNC(=O)c2cccs2)c2ccccc2)n1. The van der Waals surface area contributed by atoms with E-state index in [1.54, 1.807) is 11.0 Å². The first-order valence-electron chi connectivity index (χ1n) is 8.27. The van der Waals surface area contributed by atoms with Crippen LogP contribution in [-0.4, -0.2) is 23.3 Å². The van der Waals surface area contributed by atoms with E-state index in [0.29, 0.717) is 29.4 Å². The highest BCUT2D eigenvalue weighted by atomic mass is 32.1. The number of anilines is 2. The molecule has 0 saturated carbocycles. The molecule has 0 atom stereocenters. The van der Waals surface area contributed by atoms with Crippen LogP contribution >= 0.6 is 22.7 Å². The number of hydrogen-bond acceptors (Lipinski definition) is 5. The maximum absolute atomic E-state index is 12.8. The highest BCUT2D eigenvalue weighted by molar-refractivity contribution is 7.14. The quantitative estimate of drug-likeness (QED) is 0.614. The van der Waals surface area contributed by atoms with Gasteiger partial charge < -0.3 is 5.32 Å². The van der Waals surface area contributed by atoms with Gasteiger partial charge >= 0.3 is 0 Å². The Bertz CT molecular complexity index is 860. The molecule has 26 heavy (non-hydrogen) atoms. The molecular weight excluding hydrogens is 366 g/mol.